The van der Waals surface area contributed by atoms with Crippen LogP contribution in [0.1, 0.15) is 37.0 Å². The highest BCUT2D eigenvalue weighted by atomic mass is 79.9. The van der Waals surface area contributed by atoms with Crippen LogP contribution in [-0.2, 0) is 0 Å². The van der Waals surface area contributed by atoms with Crippen molar-refractivity contribution in [1.29, 1.82) is 0 Å². The molecule has 1 aromatic heterocycles. The van der Waals surface area contributed by atoms with E-state index in [0.717, 1.165) is 12.8 Å². The third-order valence-electron chi connectivity index (χ3n) is 2.47. The van der Waals surface area contributed by atoms with Crippen molar-refractivity contribution in [3.05, 3.63) is 21.3 Å². The molecule has 1 amide bonds. The van der Waals surface area contributed by atoms with Gasteiger partial charge in [-0.2, -0.15) is 0 Å². The maximum absolute atomic E-state index is 12.4. The molecule has 4 nitrogen and oxygen atoms in total. The Morgan fingerprint density at radius 3 is 2.50 bits per heavy atom. The van der Waals surface area contributed by atoms with Gasteiger partial charge < -0.3 is 10.6 Å². The Labute approximate surface area is 121 Å². The fourth-order valence-corrected chi connectivity index (χ4v) is 2.14. The van der Waals surface area contributed by atoms with Gasteiger partial charge in [-0.3, -0.25) is 4.79 Å². The summed E-state index contributed by atoms with van der Waals surface area (Å²) in [4.78, 5) is 18.1. The van der Waals surface area contributed by atoms with Gasteiger partial charge in [0.15, 0.2) is 0 Å². The van der Waals surface area contributed by atoms with Crippen molar-refractivity contribution in [1.82, 2.24) is 9.88 Å². The second-order valence-electron chi connectivity index (χ2n) is 3.99. The molecule has 2 N–H and O–H groups in total. The highest BCUT2D eigenvalue weighted by Crippen LogP contribution is 2.25. The molecular formula is C12H17BrClN3O. The summed E-state index contributed by atoms with van der Waals surface area (Å²) in [6.45, 7) is 5.50. The highest BCUT2D eigenvalue weighted by molar-refractivity contribution is 9.10. The van der Waals surface area contributed by atoms with Crippen LogP contribution >= 0.6 is 27.5 Å². The second-order valence-corrected chi connectivity index (χ2v) is 5.20. The van der Waals surface area contributed by atoms with Gasteiger partial charge in [0.05, 0.1) is 10.0 Å². The van der Waals surface area contributed by atoms with Gasteiger partial charge in [-0.05, 0) is 34.8 Å². The van der Waals surface area contributed by atoms with E-state index in [2.05, 4.69) is 20.9 Å². The van der Waals surface area contributed by atoms with Crippen LogP contribution in [0, 0.1) is 0 Å². The predicted octanol–water partition coefficient (Wildman–Crippen LogP) is 3.34. The minimum absolute atomic E-state index is 0.0962. The Kier molecular flexibility index (Phi) is 5.88. The van der Waals surface area contributed by atoms with E-state index >= 15 is 0 Å². The van der Waals surface area contributed by atoms with Crippen LogP contribution < -0.4 is 5.73 Å². The van der Waals surface area contributed by atoms with Gasteiger partial charge in [-0.25, -0.2) is 4.98 Å². The molecule has 1 heterocycles. The molecule has 0 bridgehead atoms. The Hall–Kier alpha value is -0.810. The summed E-state index contributed by atoms with van der Waals surface area (Å²) < 4.78 is 0.578. The third kappa shape index (κ3) is 3.59. The lowest BCUT2D eigenvalue weighted by Crippen LogP contribution is -2.33. The van der Waals surface area contributed by atoms with E-state index in [1.807, 2.05) is 13.8 Å². The molecule has 0 atom stereocenters. The number of halogens is 2. The molecule has 0 aromatic carbocycles. The Morgan fingerprint density at radius 1 is 1.44 bits per heavy atom. The molecule has 100 valence electrons. The number of hydrogen-bond acceptors (Lipinski definition) is 3. The van der Waals surface area contributed by atoms with Crippen molar-refractivity contribution in [2.45, 2.75) is 26.7 Å². The van der Waals surface area contributed by atoms with E-state index in [4.69, 9.17) is 17.3 Å². The smallest absolute Gasteiger partial charge is 0.257 e. The number of pyridine rings is 1. The number of rotatable bonds is 5. The zero-order valence-corrected chi connectivity index (χ0v) is 12.9. The first kappa shape index (κ1) is 15.2. The van der Waals surface area contributed by atoms with E-state index < -0.39 is 0 Å². The molecule has 18 heavy (non-hydrogen) atoms. The topological polar surface area (TPSA) is 59.2 Å². The van der Waals surface area contributed by atoms with Gasteiger partial charge in [0.25, 0.3) is 5.91 Å². The van der Waals surface area contributed by atoms with E-state index in [1.165, 1.54) is 0 Å². The van der Waals surface area contributed by atoms with E-state index in [9.17, 15) is 4.79 Å². The molecule has 0 aliphatic carbocycles. The molecule has 0 saturated carbocycles. The molecule has 0 radical (unpaired) electrons. The molecule has 6 heteroatoms. The molecule has 0 aliphatic rings. The lowest BCUT2D eigenvalue weighted by molar-refractivity contribution is 0.0756. The number of nitrogens with two attached hydrogens (primary N) is 1. The quantitative estimate of drug-likeness (QED) is 0.840. The molecular weight excluding hydrogens is 318 g/mol. The summed E-state index contributed by atoms with van der Waals surface area (Å²) in [6, 6.07) is 1.63. The van der Waals surface area contributed by atoms with Crippen molar-refractivity contribution in [3.63, 3.8) is 0 Å². The number of amides is 1. The lowest BCUT2D eigenvalue weighted by atomic mass is 10.2. The summed E-state index contributed by atoms with van der Waals surface area (Å²) in [5.41, 5.74) is 6.15. The SMILES string of the molecule is CCCN(CCC)C(=O)c1cc(Br)c(Cl)nc1N. The number of hydrogen-bond donors (Lipinski definition) is 1. The van der Waals surface area contributed by atoms with Crippen LogP contribution in [0.15, 0.2) is 10.5 Å². The van der Waals surface area contributed by atoms with Crippen LogP contribution in [-0.4, -0.2) is 28.9 Å². The first-order valence-corrected chi connectivity index (χ1v) is 7.09. The largest absolute Gasteiger partial charge is 0.383 e. The number of aromatic nitrogens is 1. The number of anilines is 1. The van der Waals surface area contributed by atoms with Crippen LogP contribution in [0.3, 0.4) is 0 Å². The van der Waals surface area contributed by atoms with Crippen LogP contribution in [0.5, 0.6) is 0 Å². The molecule has 0 saturated heterocycles. The van der Waals surface area contributed by atoms with Gasteiger partial charge in [0, 0.05) is 13.1 Å². The second kappa shape index (κ2) is 6.95. The molecule has 0 fully saturated rings. The van der Waals surface area contributed by atoms with Crippen molar-refractivity contribution in [3.8, 4) is 0 Å². The average molecular weight is 335 g/mol. The standard InChI is InChI=1S/C12H17BrClN3O/c1-3-5-17(6-4-2)12(18)8-7-9(13)10(14)16-11(8)15/h7H,3-6H2,1-2H3,(H2,15,16). The van der Waals surface area contributed by atoms with Gasteiger partial charge in [-0.15, -0.1) is 0 Å². The molecule has 1 aromatic rings. The monoisotopic (exact) mass is 333 g/mol. The zero-order valence-electron chi connectivity index (χ0n) is 10.5. The fourth-order valence-electron chi connectivity index (χ4n) is 1.68. The molecule has 1 rings (SSSR count). The van der Waals surface area contributed by atoms with Gasteiger partial charge >= 0.3 is 0 Å². The zero-order chi connectivity index (χ0) is 13.7. The Morgan fingerprint density at radius 2 is 2.00 bits per heavy atom. The normalized spacial score (nSPS) is 10.4. The Balaban J connectivity index is 3.04. The summed E-state index contributed by atoms with van der Waals surface area (Å²) >= 11 is 9.08. The van der Waals surface area contributed by atoms with E-state index in [0.29, 0.717) is 23.1 Å². The fraction of sp³-hybridized carbons (Fsp3) is 0.500. The van der Waals surface area contributed by atoms with Crippen molar-refractivity contribution < 1.29 is 4.79 Å². The van der Waals surface area contributed by atoms with Gasteiger partial charge in [-0.1, -0.05) is 25.4 Å². The van der Waals surface area contributed by atoms with Crippen molar-refractivity contribution >= 4 is 39.3 Å². The van der Waals surface area contributed by atoms with Crippen molar-refractivity contribution in [2.24, 2.45) is 0 Å². The molecule has 0 unspecified atom stereocenters. The van der Waals surface area contributed by atoms with E-state index in [-0.39, 0.29) is 16.9 Å². The molecule has 0 aliphatic heterocycles. The molecule has 0 spiro atoms. The van der Waals surface area contributed by atoms with Crippen molar-refractivity contribution in [2.75, 3.05) is 18.8 Å². The number of nitrogen functional groups attached to an aromatic ring is 1. The maximum atomic E-state index is 12.4. The minimum atomic E-state index is -0.0962. The first-order valence-electron chi connectivity index (χ1n) is 5.92. The number of nitrogens with zero attached hydrogens (tertiary/aromatic N) is 2. The summed E-state index contributed by atoms with van der Waals surface area (Å²) in [7, 11) is 0. The van der Waals surface area contributed by atoms with Gasteiger partial charge in [0.1, 0.15) is 11.0 Å². The van der Waals surface area contributed by atoms with Gasteiger partial charge in [0.2, 0.25) is 0 Å². The predicted molar refractivity (Wildman–Crippen MR) is 77.8 cm³/mol. The minimum Gasteiger partial charge on any atom is -0.383 e. The highest BCUT2D eigenvalue weighted by Gasteiger charge is 2.19. The number of carbonyl (C=O) groups is 1. The van der Waals surface area contributed by atoms with Crippen LogP contribution in [0.2, 0.25) is 5.15 Å². The van der Waals surface area contributed by atoms with E-state index in [1.54, 1.807) is 11.0 Å². The average Bonchev–Trinajstić information content (AvgIpc) is 2.33. The first-order chi connectivity index (χ1) is 8.51. The summed E-state index contributed by atoms with van der Waals surface area (Å²) in [5, 5.41) is 0.265. The van der Waals surface area contributed by atoms with Crippen LogP contribution in [0.25, 0.3) is 0 Å². The third-order valence-corrected chi connectivity index (χ3v) is 3.59. The maximum Gasteiger partial charge on any atom is 0.257 e. The summed E-state index contributed by atoms with van der Waals surface area (Å²) in [6.07, 6.45) is 1.82. The number of carbonyl (C=O) groups excluding carboxylic acids is 1. The van der Waals surface area contributed by atoms with Crippen LogP contribution in [0.4, 0.5) is 5.82 Å². The summed E-state index contributed by atoms with van der Waals surface area (Å²) in [5.74, 6) is 0.0754. The Bertz CT molecular complexity index is 434. The lowest BCUT2D eigenvalue weighted by Gasteiger charge is -2.22.